The summed E-state index contributed by atoms with van der Waals surface area (Å²) in [5.41, 5.74) is 0.737. The van der Waals surface area contributed by atoms with Gasteiger partial charge in [-0.1, -0.05) is 11.6 Å². The van der Waals surface area contributed by atoms with Crippen molar-refractivity contribution >= 4 is 29.2 Å². The number of amides is 1. The molecule has 1 saturated carbocycles. The Hall–Kier alpha value is -2.73. The van der Waals surface area contributed by atoms with Crippen LogP contribution in [0.3, 0.4) is 0 Å². The third-order valence-corrected chi connectivity index (χ3v) is 4.37. The number of aromatic carboxylic acids is 1. The molecular formula is C19H18ClNO5. The van der Waals surface area contributed by atoms with Gasteiger partial charge in [-0.3, -0.25) is 4.79 Å². The molecule has 0 radical (unpaired) electrons. The van der Waals surface area contributed by atoms with Crippen LogP contribution >= 0.6 is 11.6 Å². The van der Waals surface area contributed by atoms with E-state index in [4.69, 9.17) is 26.2 Å². The smallest absolute Gasteiger partial charge is 0.337 e. The Morgan fingerprint density at radius 1 is 1.19 bits per heavy atom. The van der Waals surface area contributed by atoms with Crippen LogP contribution < -0.4 is 14.8 Å². The lowest BCUT2D eigenvalue weighted by Gasteiger charge is -2.13. The number of hydrogen-bond donors (Lipinski definition) is 2. The summed E-state index contributed by atoms with van der Waals surface area (Å²) in [4.78, 5) is 23.6. The van der Waals surface area contributed by atoms with Gasteiger partial charge in [-0.05, 0) is 49.1 Å². The van der Waals surface area contributed by atoms with Gasteiger partial charge in [0.1, 0.15) is 11.5 Å². The molecule has 2 aromatic rings. The van der Waals surface area contributed by atoms with E-state index in [1.54, 1.807) is 25.3 Å². The Kier molecular flexibility index (Phi) is 5.32. The molecule has 0 unspecified atom stereocenters. The SMILES string of the molecule is COc1ccc(C(=O)Nc2ccc(C(=O)O)c(Cl)c2)c(OCC2CC2)c1. The molecule has 2 aromatic carbocycles. The van der Waals surface area contributed by atoms with Crippen LogP contribution in [0.25, 0.3) is 0 Å². The molecule has 0 aliphatic heterocycles. The predicted octanol–water partition coefficient (Wildman–Crippen LogP) is 4.09. The predicted molar refractivity (Wildman–Crippen MR) is 97.6 cm³/mol. The number of hydrogen-bond acceptors (Lipinski definition) is 4. The largest absolute Gasteiger partial charge is 0.497 e. The molecule has 2 N–H and O–H groups in total. The molecule has 26 heavy (non-hydrogen) atoms. The molecule has 6 nitrogen and oxygen atoms in total. The normalized spacial score (nSPS) is 13.2. The fourth-order valence-corrected chi connectivity index (χ4v) is 2.65. The lowest BCUT2D eigenvalue weighted by Crippen LogP contribution is -2.14. The quantitative estimate of drug-likeness (QED) is 0.761. The van der Waals surface area contributed by atoms with Crippen molar-refractivity contribution in [2.24, 2.45) is 5.92 Å². The fraction of sp³-hybridized carbons (Fsp3) is 0.263. The molecule has 1 aliphatic carbocycles. The lowest BCUT2D eigenvalue weighted by molar-refractivity contribution is 0.0697. The summed E-state index contributed by atoms with van der Waals surface area (Å²) in [6.07, 6.45) is 2.28. The third kappa shape index (κ3) is 4.26. The van der Waals surface area contributed by atoms with Gasteiger partial charge in [-0.15, -0.1) is 0 Å². The maximum Gasteiger partial charge on any atom is 0.337 e. The molecule has 0 atom stereocenters. The molecule has 1 aliphatic rings. The van der Waals surface area contributed by atoms with E-state index in [0.29, 0.717) is 35.3 Å². The van der Waals surface area contributed by atoms with Crippen molar-refractivity contribution in [3.63, 3.8) is 0 Å². The van der Waals surface area contributed by atoms with Crippen LogP contribution in [-0.4, -0.2) is 30.7 Å². The van der Waals surface area contributed by atoms with Gasteiger partial charge in [0.15, 0.2) is 0 Å². The summed E-state index contributed by atoms with van der Waals surface area (Å²) in [5, 5.41) is 11.8. The molecule has 0 spiro atoms. The van der Waals surface area contributed by atoms with E-state index >= 15 is 0 Å². The van der Waals surface area contributed by atoms with Crippen LogP contribution in [0.4, 0.5) is 5.69 Å². The molecule has 1 amide bonds. The molecule has 3 rings (SSSR count). The van der Waals surface area contributed by atoms with E-state index in [9.17, 15) is 9.59 Å². The number of carbonyl (C=O) groups excluding carboxylic acids is 1. The number of rotatable bonds is 7. The Morgan fingerprint density at radius 2 is 1.92 bits per heavy atom. The topological polar surface area (TPSA) is 84.9 Å². The highest BCUT2D eigenvalue weighted by atomic mass is 35.5. The highest BCUT2D eigenvalue weighted by molar-refractivity contribution is 6.33. The van der Waals surface area contributed by atoms with Gasteiger partial charge in [0, 0.05) is 11.8 Å². The minimum atomic E-state index is -1.13. The van der Waals surface area contributed by atoms with Gasteiger partial charge in [-0.2, -0.15) is 0 Å². The summed E-state index contributed by atoms with van der Waals surface area (Å²) >= 11 is 5.94. The number of anilines is 1. The van der Waals surface area contributed by atoms with E-state index in [1.807, 2.05) is 0 Å². The van der Waals surface area contributed by atoms with Crippen molar-refractivity contribution in [1.29, 1.82) is 0 Å². The second-order valence-electron chi connectivity index (χ2n) is 6.07. The number of nitrogens with one attached hydrogen (secondary N) is 1. The van der Waals surface area contributed by atoms with Crippen LogP contribution in [0.15, 0.2) is 36.4 Å². The molecular weight excluding hydrogens is 358 g/mol. The van der Waals surface area contributed by atoms with Crippen LogP contribution in [0, 0.1) is 5.92 Å². The van der Waals surface area contributed by atoms with Crippen molar-refractivity contribution in [3.05, 3.63) is 52.5 Å². The summed E-state index contributed by atoms with van der Waals surface area (Å²) in [7, 11) is 1.55. The van der Waals surface area contributed by atoms with E-state index in [2.05, 4.69) is 5.32 Å². The molecule has 0 aromatic heterocycles. The summed E-state index contributed by atoms with van der Waals surface area (Å²) in [6.45, 7) is 0.562. The van der Waals surface area contributed by atoms with Gasteiger partial charge in [0.25, 0.3) is 5.91 Å². The van der Waals surface area contributed by atoms with Gasteiger partial charge >= 0.3 is 5.97 Å². The summed E-state index contributed by atoms with van der Waals surface area (Å²) < 4.78 is 11.0. The Balaban J connectivity index is 1.80. The third-order valence-electron chi connectivity index (χ3n) is 4.06. The van der Waals surface area contributed by atoms with Gasteiger partial charge in [0.2, 0.25) is 0 Å². The highest BCUT2D eigenvalue weighted by Gasteiger charge is 2.23. The average molecular weight is 376 g/mol. The maximum absolute atomic E-state index is 12.6. The number of halogens is 1. The highest BCUT2D eigenvalue weighted by Crippen LogP contribution is 2.32. The van der Waals surface area contributed by atoms with E-state index < -0.39 is 5.97 Å². The summed E-state index contributed by atoms with van der Waals surface area (Å²) in [5.74, 6) is 0.0825. The van der Waals surface area contributed by atoms with Crippen LogP contribution in [-0.2, 0) is 0 Å². The first-order valence-corrected chi connectivity index (χ1v) is 8.50. The zero-order valence-corrected chi connectivity index (χ0v) is 14.9. The number of ether oxygens (including phenoxy) is 2. The number of benzene rings is 2. The van der Waals surface area contributed by atoms with E-state index in [0.717, 1.165) is 12.8 Å². The second kappa shape index (κ2) is 7.66. The average Bonchev–Trinajstić information content (AvgIpc) is 3.43. The molecule has 0 saturated heterocycles. The van der Waals surface area contributed by atoms with Gasteiger partial charge in [-0.25, -0.2) is 4.79 Å². The van der Waals surface area contributed by atoms with Gasteiger partial charge < -0.3 is 19.9 Å². The minimum absolute atomic E-state index is 0.0254. The lowest BCUT2D eigenvalue weighted by atomic mass is 10.1. The van der Waals surface area contributed by atoms with Gasteiger partial charge in [0.05, 0.1) is 29.9 Å². The Bertz CT molecular complexity index is 848. The Labute approximate surface area is 155 Å². The molecule has 0 heterocycles. The number of methoxy groups -OCH3 is 1. The molecule has 7 heteroatoms. The van der Waals surface area contributed by atoms with Crippen LogP contribution in [0.2, 0.25) is 5.02 Å². The molecule has 0 bridgehead atoms. The number of carbonyl (C=O) groups is 2. The van der Waals surface area contributed by atoms with Crippen molar-refractivity contribution < 1.29 is 24.2 Å². The maximum atomic E-state index is 12.6. The van der Waals surface area contributed by atoms with Crippen molar-refractivity contribution in [2.45, 2.75) is 12.8 Å². The number of carboxylic acid groups (broad SMARTS) is 1. The van der Waals surface area contributed by atoms with E-state index in [1.165, 1.54) is 18.2 Å². The van der Waals surface area contributed by atoms with Crippen molar-refractivity contribution in [2.75, 3.05) is 19.0 Å². The second-order valence-corrected chi connectivity index (χ2v) is 6.48. The molecule has 1 fully saturated rings. The fourth-order valence-electron chi connectivity index (χ4n) is 2.39. The van der Waals surface area contributed by atoms with Crippen LogP contribution in [0.1, 0.15) is 33.6 Å². The summed E-state index contributed by atoms with van der Waals surface area (Å²) in [6, 6.07) is 9.22. The van der Waals surface area contributed by atoms with Crippen molar-refractivity contribution in [1.82, 2.24) is 0 Å². The minimum Gasteiger partial charge on any atom is -0.497 e. The van der Waals surface area contributed by atoms with Crippen LogP contribution in [0.5, 0.6) is 11.5 Å². The first-order chi connectivity index (χ1) is 12.5. The monoisotopic (exact) mass is 375 g/mol. The Morgan fingerprint density at radius 3 is 2.54 bits per heavy atom. The standard InChI is InChI=1S/C19H18ClNO5/c1-25-13-5-7-15(17(9-13)26-10-11-2-3-11)18(22)21-12-4-6-14(19(23)24)16(20)8-12/h4-9,11H,2-3,10H2,1H3,(H,21,22)(H,23,24). The first kappa shape index (κ1) is 18.1. The zero-order chi connectivity index (χ0) is 18.7. The van der Waals surface area contributed by atoms with Crippen molar-refractivity contribution in [3.8, 4) is 11.5 Å². The zero-order valence-electron chi connectivity index (χ0n) is 14.1. The van der Waals surface area contributed by atoms with E-state index in [-0.39, 0.29) is 16.5 Å². The first-order valence-electron chi connectivity index (χ1n) is 8.13. The number of carboxylic acids is 1. The molecule has 136 valence electrons.